The number of benzene rings is 2. The Morgan fingerprint density at radius 3 is 1.96 bits per heavy atom. The number of nitrogens with one attached hydrogen (secondary N) is 6. The van der Waals surface area contributed by atoms with E-state index in [1.165, 1.54) is 18.9 Å². The zero-order valence-electron chi connectivity index (χ0n) is 44.6. The Kier molecular flexibility index (Phi) is 23.2. The van der Waals surface area contributed by atoms with Gasteiger partial charge in [-0.3, -0.25) is 43.2 Å². The molecule has 2 fully saturated rings. The molecule has 75 heavy (non-hydrogen) atoms. The van der Waals surface area contributed by atoms with E-state index < -0.39 is 145 Å². The van der Waals surface area contributed by atoms with Crippen LogP contribution in [0, 0.1) is 17.8 Å². The van der Waals surface area contributed by atoms with Crippen molar-refractivity contribution in [1.82, 2.24) is 41.7 Å². The third kappa shape index (κ3) is 17.3. The number of fused-ring (bicyclic) bond motifs is 2. The molecule has 8 amide bonds. The van der Waals surface area contributed by atoms with E-state index in [1.807, 2.05) is 0 Å². The number of aliphatic hydroxyl groups is 1. The number of nitrogens with zero attached hydrogens (tertiary/aromatic N) is 2. The summed E-state index contributed by atoms with van der Waals surface area (Å²) in [4.78, 5) is 143. The molecule has 0 aliphatic carbocycles. The van der Waals surface area contributed by atoms with Crippen LogP contribution in [0.2, 0.25) is 0 Å². The van der Waals surface area contributed by atoms with Crippen LogP contribution in [0.1, 0.15) is 118 Å². The maximum absolute atomic E-state index is 14.8. The molecule has 0 aromatic heterocycles. The van der Waals surface area contributed by atoms with Gasteiger partial charge in [-0.1, -0.05) is 116 Å². The second-order valence-electron chi connectivity index (χ2n) is 20.5. The van der Waals surface area contributed by atoms with Crippen molar-refractivity contribution in [3.8, 4) is 0 Å². The van der Waals surface area contributed by atoms with Crippen molar-refractivity contribution in [3.63, 3.8) is 0 Å². The minimum atomic E-state index is -1.85. The van der Waals surface area contributed by atoms with Gasteiger partial charge < -0.3 is 56.7 Å². The van der Waals surface area contributed by atoms with Crippen LogP contribution in [0.3, 0.4) is 0 Å². The Balaban J connectivity index is 1.84. The number of carbonyl (C=O) groups is 10. The number of carboxylic acids is 1. The normalized spacial score (nSPS) is 24.5. The maximum atomic E-state index is 14.8. The Bertz CT molecular complexity index is 2320. The lowest BCUT2D eigenvalue weighted by Gasteiger charge is -2.44. The molecule has 412 valence electrons. The van der Waals surface area contributed by atoms with Crippen LogP contribution in [0.25, 0.3) is 0 Å². The van der Waals surface area contributed by atoms with Gasteiger partial charge in [0.05, 0.1) is 0 Å². The number of esters is 1. The number of hydrogen-bond donors (Lipinski definition) is 8. The number of amides is 8. The Morgan fingerprint density at radius 2 is 1.39 bits per heavy atom. The molecule has 11 atom stereocenters. The minimum absolute atomic E-state index is 0.00355. The molecule has 4 rings (SSSR count). The lowest BCUT2D eigenvalue weighted by molar-refractivity contribution is -0.167. The summed E-state index contributed by atoms with van der Waals surface area (Å²) in [6, 6.07) is 6.13. The predicted octanol–water partition coefficient (Wildman–Crippen LogP) is 1.88. The molecule has 0 radical (unpaired) electrons. The third-order valence-corrected chi connectivity index (χ3v) is 13.6. The molecule has 2 heterocycles. The number of rotatable bonds is 19. The lowest BCUT2D eigenvalue weighted by Crippen LogP contribution is -2.66. The zero-order valence-corrected chi connectivity index (χ0v) is 44.6. The van der Waals surface area contributed by atoms with Gasteiger partial charge in [0.25, 0.3) is 0 Å². The van der Waals surface area contributed by atoms with Crippen LogP contribution >= 0.6 is 0 Å². The minimum Gasteiger partial charge on any atom is -0.481 e. The van der Waals surface area contributed by atoms with Gasteiger partial charge in [0.15, 0.2) is 0 Å². The van der Waals surface area contributed by atoms with Gasteiger partial charge in [-0.15, -0.1) is 0 Å². The highest BCUT2D eigenvalue weighted by molar-refractivity contribution is 5.99. The molecule has 21 heteroatoms. The molecule has 2 aliphatic heterocycles. The summed E-state index contributed by atoms with van der Waals surface area (Å²) < 4.78 is 5.97. The van der Waals surface area contributed by atoms with Crippen molar-refractivity contribution >= 4 is 59.2 Å². The van der Waals surface area contributed by atoms with E-state index in [-0.39, 0.29) is 44.4 Å². The van der Waals surface area contributed by atoms with Gasteiger partial charge in [0.2, 0.25) is 47.3 Å². The van der Waals surface area contributed by atoms with E-state index in [4.69, 9.17) is 4.74 Å². The van der Waals surface area contributed by atoms with Crippen LogP contribution in [0.4, 0.5) is 0 Å². The fraction of sp³-hybridized carbons (Fsp3) is 0.593. The van der Waals surface area contributed by atoms with Crippen LogP contribution < -0.4 is 31.9 Å². The molecule has 0 saturated carbocycles. The number of likely N-dealkylation sites (N-methyl/N-ethyl adjacent to an activating group) is 1. The molecule has 2 aromatic rings. The molecule has 8 N–H and O–H groups in total. The molecular weight excluding hydrogens is 969 g/mol. The first kappa shape index (κ1) is 60.7. The molecular formula is C54H78N8O13. The van der Waals surface area contributed by atoms with Crippen molar-refractivity contribution in [2.45, 2.75) is 180 Å². The fourth-order valence-corrected chi connectivity index (χ4v) is 9.18. The number of aliphatic hydroxyl groups excluding tert-OH is 1. The molecule has 2 saturated heterocycles. The highest BCUT2D eigenvalue weighted by Crippen LogP contribution is 2.27. The number of piperidine rings is 1. The molecule has 2 bridgehead atoms. The van der Waals surface area contributed by atoms with E-state index in [0.717, 1.165) is 4.90 Å². The van der Waals surface area contributed by atoms with Gasteiger partial charge >= 0.3 is 11.9 Å². The Hall–Kier alpha value is -6.90. The SMILES string of the molecule is CCCC(=O)N[C@@H](Cc1ccccc1)C(=O)N[C@@H](CCC(=O)O)C(=O)N[C@@H]1C(=O)N[C@@H](CC(C)C)C(=O)N[C@H]2CC[C@@H](O)N(C2=O)[C@@H](C(C)C)C(=O)N(C)[C@@H](Cc2ccccc2)C(=O)N[C@@H]([C@@H](C)CC)C(=O)O[C@@H]1C. The van der Waals surface area contributed by atoms with Gasteiger partial charge in [-0.25, -0.2) is 4.79 Å². The van der Waals surface area contributed by atoms with Gasteiger partial charge in [0, 0.05) is 32.7 Å². The predicted molar refractivity (Wildman–Crippen MR) is 275 cm³/mol. The second-order valence-corrected chi connectivity index (χ2v) is 20.5. The summed E-state index contributed by atoms with van der Waals surface area (Å²) >= 11 is 0. The summed E-state index contributed by atoms with van der Waals surface area (Å²) in [5, 5.41) is 37.1. The van der Waals surface area contributed by atoms with Gasteiger partial charge in [0.1, 0.15) is 60.7 Å². The van der Waals surface area contributed by atoms with E-state index in [0.29, 0.717) is 24.0 Å². The average molecular weight is 1050 g/mol. The van der Waals surface area contributed by atoms with Gasteiger partial charge in [-0.2, -0.15) is 0 Å². The summed E-state index contributed by atoms with van der Waals surface area (Å²) in [5.41, 5.74) is 1.32. The van der Waals surface area contributed by atoms with Crippen LogP contribution in [0.15, 0.2) is 60.7 Å². The lowest BCUT2D eigenvalue weighted by atomic mass is 9.93. The monoisotopic (exact) mass is 1050 g/mol. The summed E-state index contributed by atoms with van der Waals surface area (Å²) in [6.07, 6.45) is -3.42. The molecule has 21 nitrogen and oxygen atoms in total. The first-order valence-corrected chi connectivity index (χ1v) is 26.1. The number of carboxylic acid groups (broad SMARTS) is 1. The van der Waals surface area contributed by atoms with Crippen molar-refractivity contribution in [2.24, 2.45) is 17.8 Å². The average Bonchev–Trinajstić information content (AvgIpc) is 3.36. The van der Waals surface area contributed by atoms with Crippen molar-refractivity contribution < 1.29 is 62.9 Å². The summed E-state index contributed by atoms with van der Waals surface area (Å²) in [6.45, 7) is 13.4. The van der Waals surface area contributed by atoms with Crippen molar-refractivity contribution in [2.75, 3.05) is 7.05 Å². The van der Waals surface area contributed by atoms with E-state index in [1.54, 1.807) is 109 Å². The summed E-state index contributed by atoms with van der Waals surface area (Å²) in [7, 11) is 1.39. The molecule has 2 aliphatic rings. The number of hydrogen-bond acceptors (Lipinski definition) is 12. The Labute approximate surface area is 439 Å². The maximum Gasteiger partial charge on any atom is 0.329 e. The molecule has 0 spiro atoms. The highest BCUT2D eigenvalue weighted by Gasteiger charge is 2.47. The summed E-state index contributed by atoms with van der Waals surface area (Å²) in [5.74, 6) is -10.3. The van der Waals surface area contributed by atoms with E-state index in [2.05, 4.69) is 31.9 Å². The van der Waals surface area contributed by atoms with E-state index in [9.17, 15) is 58.2 Å². The zero-order chi connectivity index (χ0) is 55.7. The first-order valence-electron chi connectivity index (χ1n) is 26.1. The smallest absolute Gasteiger partial charge is 0.329 e. The van der Waals surface area contributed by atoms with Gasteiger partial charge in [-0.05, 0) is 67.9 Å². The Morgan fingerprint density at radius 1 is 0.760 bits per heavy atom. The van der Waals surface area contributed by atoms with Crippen molar-refractivity contribution in [1.29, 1.82) is 0 Å². The fourth-order valence-electron chi connectivity index (χ4n) is 9.18. The standard InChI is InChI=1S/C54H78N8O13/c1-10-18-41(63)55-39(28-34-19-14-12-15-20-34)49(69)56-36(24-26-43(65)66)47(67)60-45-33(8)75-54(74)44(32(7)11-2)59-50(70)40(29-35-21-16-13-17-22-35)61(9)53(73)46(31(5)6)62-42(64)25-23-37(52(62)72)57-48(68)38(27-30(3)4)58-51(45)71/h12-17,19-22,30-33,36-40,42,44-46,64H,10-11,18,23-29H2,1-9H3,(H,55,63)(H,56,69)(H,57,68)(H,58,71)(H,59,70)(H,60,67)(H,65,66)/t32-,33+,36-,37-,38-,39-,40-,42+,44-,45-,46-/m0/s1. The topological polar surface area (TPSA) is 299 Å². The van der Waals surface area contributed by atoms with Crippen molar-refractivity contribution in [3.05, 3.63) is 71.8 Å². The van der Waals surface area contributed by atoms with E-state index >= 15 is 0 Å². The largest absolute Gasteiger partial charge is 0.481 e. The number of cyclic esters (lactones) is 1. The third-order valence-electron chi connectivity index (χ3n) is 13.6. The second kappa shape index (κ2) is 28.7. The number of carbonyl (C=O) groups excluding carboxylic acids is 9. The number of aliphatic carboxylic acids is 1. The number of ether oxygens (including phenoxy) is 1. The van der Waals surface area contributed by atoms with Crippen LogP contribution in [-0.2, 0) is 65.5 Å². The highest BCUT2D eigenvalue weighted by atomic mass is 16.5. The molecule has 2 aromatic carbocycles. The quantitative estimate of drug-likeness (QED) is 0.0934. The molecule has 0 unspecified atom stereocenters. The van der Waals surface area contributed by atoms with Crippen LogP contribution in [-0.4, -0.2) is 147 Å². The first-order chi connectivity index (χ1) is 35.5. The van der Waals surface area contributed by atoms with Crippen LogP contribution in [0.5, 0.6) is 0 Å².